The molecule has 0 bridgehead atoms. The Balaban J connectivity index is 1.80. The Morgan fingerprint density at radius 1 is 1.20 bits per heavy atom. The highest BCUT2D eigenvalue weighted by Gasteiger charge is 2.26. The predicted molar refractivity (Wildman–Crippen MR) is 105 cm³/mol. The number of aromatic nitrogens is 2. The van der Waals surface area contributed by atoms with Crippen LogP contribution in [0.25, 0.3) is 11.4 Å². The summed E-state index contributed by atoms with van der Waals surface area (Å²) >= 11 is 0. The highest BCUT2D eigenvalue weighted by Crippen LogP contribution is 2.32. The van der Waals surface area contributed by atoms with Gasteiger partial charge in [0.25, 0.3) is 5.88 Å². The zero-order valence-electron chi connectivity index (χ0n) is 16.9. The molecule has 1 fully saturated rings. The monoisotopic (exact) mass is 423 g/mol. The molecule has 0 spiro atoms. The molecule has 6 nitrogen and oxygen atoms in total. The van der Waals surface area contributed by atoms with Gasteiger partial charge in [0, 0.05) is 25.1 Å². The van der Waals surface area contributed by atoms with Crippen LogP contribution in [0.3, 0.4) is 0 Å². The maximum Gasteiger partial charge on any atom is 0.303 e. The quantitative estimate of drug-likeness (QED) is 0.716. The zero-order chi connectivity index (χ0) is 21.8. The molecule has 2 heterocycles. The van der Waals surface area contributed by atoms with Gasteiger partial charge in [-0.1, -0.05) is 13.8 Å². The van der Waals surface area contributed by atoms with Gasteiger partial charge in [-0.05, 0) is 36.8 Å². The number of nitrogens with zero attached hydrogens (tertiary/aromatic N) is 3. The van der Waals surface area contributed by atoms with E-state index in [1.807, 2.05) is 13.8 Å². The number of benzene rings is 1. The maximum absolute atomic E-state index is 14.8. The fourth-order valence-electron chi connectivity index (χ4n) is 3.44. The molecule has 1 aromatic carbocycles. The fourth-order valence-corrected chi connectivity index (χ4v) is 3.44. The average molecular weight is 423 g/mol. The second-order valence-electron chi connectivity index (χ2n) is 7.87. The highest BCUT2D eigenvalue weighted by atomic mass is 19.1. The van der Waals surface area contributed by atoms with Crippen molar-refractivity contribution in [1.29, 1.82) is 0 Å². The van der Waals surface area contributed by atoms with E-state index in [0.717, 1.165) is 18.3 Å². The van der Waals surface area contributed by atoms with E-state index in [9.17, 15) is 18.0 Å². The van der Waals surface area contributed by atoms with E-state index in [0.29, 0.717) is 25.9 Å². The minimum atomic E-state index is -0.869. The van der Waals surface area contributed by atoms with E-state index in [-0.39, 0.29) is 47.8 Å². The van der Waals surface area contributed by atoms with Gasteiger partial charge in [-0.2, -0.15) is 9.37 Å². The van der Waals surface area contributed by atoms with Crippen molar-refractivity contribution in [2.45, 2.75) is 33.1 Å². The van der Waals surface area contributed by atoms with Gasteiger partial charge in [0.2, 0.25) is 5.82 Å². The molecular formula is C21H24F3N3O3. The first kappa shape index (κ1) is 21.9. The number of carbonyl (C=O) groups is 1. The van der Waals surface area contributed by atoms with Gasteiger partial charge in [-0.25, -0.2) is 13.8 Å². The van der Waals surface area contributed by atoms with Crippen LogP contribution in [0.5, 0.6) is 5.88 Å². The average Bonchev–Trinajstić information content (AvgIpc) is 2.67. The smallest absolute Gasteiger partial charge is 0.303 e. The summed E-state index contributed by atoms with van der Waals surface area (Å²) in [6, 6.07) is 2.22. The highest BCUT2D eigenvalue weighted by molar-refractivity contribution is 5.67. The van der Waals surface area contributed by atoms with E-state index in [2.05, 4.69) is 9.97 Å². The minimum Gasteiger partial charge on any atom is -0.481 e. The lowest BCUT2D eigenvalue weighted by Gasteiger charge is -2.33. The molecule has 0 atom stereocenters. The summed E-state index contributed by atoms with van der Waals surface area (Å²) < 4.78 is 48.8. The minimum absolute atomic E-state index is 0.000945. The van der Waals surface area contributed by atoms with Crippen molar-refractivity contribution >= 4 is 11.7 Å². The van der Waals surface area contributed by atoms with Crippen molar-refractivity contribution in [3.05, 3.63) is 35.8 Å². The van der Waals surface area contributed by atoms with Gasteiger partial charge in [0.05, 0.1) is 12.8 Å². The molecule has 2 aromatic rings. The number of hydrogen-bond acceptors (Lipinski definition) is 5. The molecule has 3 rings (SSSR count). The number of piperidine rings is 1. The Morgan fingerprint density at radius 2 is 1.83 bits per heavy atom. The lowest BCUT2D eigenvalue weighted by molar-refractivity contribution is -0.138. The summed E-state index contributed by atoms with van der Waals surface area (Å²) in [5.41, 5.74) is -0.0881. The SMILES string of the molecule is CC(C)COc1nc(-c2cc(F)c(N3CCC(CC(=O)O)CC3)c(F)c2)ncc1F. The summed E-state index contributed by atoms with van der Waals surface area (Å²) in [5, 5.41) is 8.90. The van der Waals surface area contributed by atoms with Crippen LogP contribution in [0.1, 0.15) is 33.1 Å². The largest absolute Gasteiger partial charge is 0.481 e. The molecular weight excluding hydrogens is 399 g/mol. The lowest BCUT2D eigenvalue weighted by Crippen LogP contribution is -2.35. The summed E-state index contributed by atoms with van der Waals surface area (Å²) in [7, 11) is 0. The molecule has 1 aromatic heterocycles. The Hall–Kier alpha value is -2.84. The van der Waals surface area contributed by atoms with Crippen LogP contribution in [0, 0.1) is 29.3 Å². The molecule has 1 N–H and O–H groups in total. The normalized spacial score (nSPS) is 14.9. The number of aliphatic carboxylic acids is 1. The Kier molecular flexibility index (Phi) is 6.79. The number of halogens is 3. The number of carboxylic acids is 1. The van der Waals surface area contributed by atoms with Gasteiger partial charge in [0.15, 0.2) is 5.82 Å². The molecule has 0 aliphatic carbocycles. The van der Waals surface area contributed by atoms with Crippen LogP contribution in [-0.2, 0) is 4.79 Å². The summed E-state index contributed by atoms with van der Waals surface area (Å²) in [5.74, 6) is -3.33. The fraction of sp³-hybridized carbons (Fsp3) is 0.476. The van der Waals surface area contributed by atoms with Crippen LogP contribution in [0.2, 0.25) is 0 Å². The van der Waals surface area contributed by atoms with Gasteiger partial charge in [-0.3, -0.25) is 4.79 Å². The second kappa shape index (κ2) is 9.32. The van der Waals surface area contributed by atoms with Crippen molar-refractivity contribution in [1.82, 2.24) is 9.97 Å². The van der Waals surface area contributed by atoms with Crippen molar-refractivity contribution in [3.63, 3.8) is 0 Å². The van der Waals surface area contributed by atoms with Gasteiger partial charge in [-0.15, -0.1) is 0 Å². The van der Waals surface area contributed by atoms with Crippen molar-refractivity contribution in [2.75, 3.05) is 24.6 Å². The zero-order valence-corrected chi connectivity index (χ0v) is 16.9. The molecule has 0 saturated carbocycles. The van der Waals surface area contributed by atoms with E-state index < -0.39 is 23.4 Å². The van der Waals surface area contributed by atoms with Crippen LogP contribution in [0.4, 0.5) is 18.9 Å². The standard InChI is InChI=1S/C21H24F3N3O3/c1-12(2)11-30-21-17(24)10-25-20(26-21)14-8-15(22)19(16(23)9-14)27-5-3-13(4-6-27)7-18(28)29/h8-10,12-13H,3-7,11H2,1-2H3,(H,28,29). The van der Waals surface area contributed by atoms with Crippen molar-refractivity contribution in [2.24, 2.45) is 11.8 Å². The van der Waals surface area contributed by atoms with E-state index >= 15 is 0 Å². The Labute approximate surface area is 172 Å². The van der Waals surface area contributed by atoms with Crippen LogP contribution in [0.15, 0.2) is 18.3 Å². The third-order valence-corrected chi connectivity index (χ3v) is 4.93. The first-order valence-corrected chi connectivity index (χ1v) is 9.86. The van der Waals surface area contributed by atoms with Crippen molar-refractivity contribution in [3.8, 4) is 17.3 Å². The topological polar surface area (TPSA) is 75.5 Å². The number of carboxylic acid groups (broad SMARTS) is 1. The number of rotatable bonds is 7. The maximum atomic E-state index is 14.8. The molecule has 0 amide bonds. The number of anilines is 1. The number of hydrogen-bond donors (Lipinski definition) is 1. The van der Waals surface area contributed by atoms with Gasteiger partial charge < -0.3 is 14.7 Å². The third-order valence-electron chi connectivity index (χ3n) is 4.93. The van der Waals surface area contributed by atoms with E-state index in [4.69, 9.17) is 9.84 Å². The lowest BCUT2D eigenvalue weighted by atomic mass is 9.93. The predicted octanol–water partition coefficient (Wildman–Crippen LogP) is 4.29. The van der Waals surface area contributed by atoms with Gasteiger partial charge >= 0.3 is 5.97 Å². The van der Waals surface area contributed by atoms with Crippen LogP contribution >= 0.6 is 0 Å². The summed E-state index contributed by atoms with van der Waals surface area (Å²) in [4.78, 5) is 20.2. The Morgan fingerprint density at radius 3 is 2.40 bits per heavy atom. The molecule has 1 saturated heterocycles. The summed E-state index contributed by atoms with van der Waals surface area (Å²) in [6.07, 6.45) is 2.06. The molecule has 9 heteroatoms. The molecule has 162 valence electrons. The number of ether oxygens (including phenoxy) is 1. The second-order valence-corrected chi connectivity index (χ2v) is 7.87. The molecule has 0 radical (unpaired) electrons. The molecule has 0 unspecified atom stereocenters. The molecule has 1 aliphatic rings. The van der Waals surface area contributed by atoms with Gasteiger partial charge in [0.1, 0.15) is 17.3 Å². The first-order chi connectivity index (χ1) is 14.2. The van der Waals surface area contributed by atoms with E-state index in [1.165, 1.54) is 0 Å². The summed E-state index contributed by atoms with van der Waals surface area (Å²) in [6.45, 7) is 4.77. The van der Waals surface area contributed by atoms with Crippen LogP contribution in [-0.4, -0.2) is 40.7 Å². The molecule has 1 aliphatic heterocycles. The van der Waals surface area contributed by atoms with Crippen LogP contribution < -0.4 is 9.64 Å². The Bertz CT molecular complexity index is 893. The first-order valence-electron chi connectivity index (χ1n) is 9.86. The third kappa shape index (κ3) is 5.20. The van der Waals surface area contributed by atoms with Crippen molar-refractivity contribution < 1.29 is 27.8 Å². The molecule has 30 heavy (non-hydrogen) atoms. The van der Waals surface area contributed by atoms with E-state index in [1.54, 1.807) is 4.90 Å².